The first-order valence-electron chi connectivity index (χ1n) is 7.93. The quantitative estimate of drug-likeness (QED) is 0.943. The molecule has 1 aliphatic heterocycles. The van der Waals surface area contributed by atoms with Crippen LogP contribution in [0.1, 0.15) is 19.4 Å². The van der Waals surface area contributed by atoms with Gasteiger partial charge in [0.05, 0.1) is 5.69 Å². The number of hydrogen-bond acceptors (Lipinski definition) is 3. The van der Waals surface area contributed by atoms with E-state index in [0.29, 0.717) is 17.1 Å². The lowest BCUT2D eigenvalue weighted by molar-refractivity contribution is -0.128. The molecule has 0 spiro atoms. The second kappa shape index (κ2) is 6.35. The third kappa shape index (κ3) is 2.97. The molecule has 124 valence electrons. The molecule has 2 amide bonds. The molecule has 2 atom stereocenters. The van der Waals surface area contributed by atoms with Crippen LogP contribution in [-0.2, 0) is 9.59 Å². The van der Waals surface area contributed by atoms with Crippen LogP contribution in [0, 0.1) is 6.92 Å². The predicted molar refractivity (Wildman–Crippen MR) is 93.3 cm³/mol. The van der Waals surface area contributed by atoms with Gasteiger partial charge in [0.1, 0.15) is 11.8 Å². The summed E-state index contributed by atoms with van der Waals surface area (Å²) >= 11 is 0. The zero-order valence-electron chi connectivity index (χ0n) is 13.9. The summed E-state index contributed by atoms with van der Waals surface area (Å²) in [7, 11) is 0. The number of amides is 2. The highest BCUT2D eigenvalue weighted by Gasteiger charge is 2.37. The van der Waals surface area contributed by atoms with Crippen LogP contribution in [0.15, 0.2) is 48.5 Å². The first-order valence-corrected chi connectivity index (χ1v) is 7.93. The van der Waals surface area contributed by atoms with Crippen LogP contribution < -0.4 is 15.0 Å². The SMILES string of the molecule is Cc1ccc2c(c1)N(C(C)C(=O)Nc1ccccc1)C(=O)C(C)O2. The Morgan fingerprint density at radius 3 is 2.62 bits per heavy atom. The monoisotopic (exact) mass is 324 g/mol. The summed E-state index contributed by atoms with van der Waals surface area (Å²) in [5.41, 5.74) is 2.33. The Balaban J connectivity index is 1.90. The van der Waals surface area contributed by atoms with E-state index < -0.39 is 12.1 Å². The molecule has 5 heteroatoms. The number of rotatable bonds is 3. The number of carbonyl (C=O) groups excluding carboxylic acids is 2. The van der Waals surface area contributed by atoms with E-state index in [1.54, 1.807) is 13.8 Å². The Morgan fingerprint density at radius 2 is 1.92 bits per heavy atom. The molecule has 24 heavy (non-hydrogen) atoms. The molecule has 0 aliphatic carbocycles. The van der Waals surface area contributed by atoms with Crippen molar-refractivity contribution in [2.45, 2.75) is 32.9 Å². The molecule has 0 saturated carbocycles. The van der Waals surface area contributed by atoms with E-state index in [1.165, 1.54) is 4.90 Å². The van der Waals surface area contributed by atoms with Crippen molar-refractivity contribution in [2.24, 2.45) is 0 Å². The molecule has 0 fully saturated rings. The van der Waals surface area contributed by atoms with Crippen LogP contribution in [0.5, 0.6) is 5.75 Å². The van der Waals surface area contributed by atoms with Crippen LogP contribution in [0.2, 0.25) is 0 Å². The second-order valence-corrected chi connectivity index (χ2v) is 5.97. The van der Waals surface area contributed by atoms with Crippen molar-refractivity contribution in [3.8, 4) is 5.75 Å². The molecule has 2 aromatic rings. The summed E-state index contributed by atoms with van der Waals surface area (Å²) in [6.45, 7) is 5.36. The molecule has 5 nitrogen and oxygen atoms in total. The third-order valence-corrected chi connectivity index (χ3v) is 4.07. The van der Waals surface area contributed by atoms with E-state index in [1.807, 2.05) is 55.5 Å². The van der Waals surface area contributed by atoms with Gasteiger partial charge in [0.25, 0.3) is 5.91 Å². The van der Waals surface area contributed by atoms with Gasteiger partial charge in [0, 0.05) is 5.69 Å². The Hall–Kier alpha value is -2.82. The largest absolute Gasteiger partial charge is 0.479 e. The molecule has 1 aliphatic rings. The number of para-hydroxylation sites is 1. The van der Waals surface area contributed by atoms with Crippen molar-refractivity contribution in [2.75, 3.05) is 10.2 Å². The number of carbonyl (C=O) groups is 2. The average Bonchev–Trinajstić information content (AvgIpc) is 2.57. The Kier molecular flexibility index (Phi) is 4.25. The molecular weight excluding hydrogens is 304 g/mol. The van der Waals surface area contributed by atoms with Gasteiger partial charge in [-0.1, -0.05) is 24.3 Å². The van der Waals surface area contributed by atoms with E-state index in [0.717, 1.165) is 5.56 Å². The minimum absolute atomic E-state index is 0.219. The average molecular weight is 324 g/mol. The minimum atomic E-state index is -0.649. The number of nitrogens with zero attached hydrogens (tertiary/aromatic N) is 1. The lowest BCUT2D eigenvalue weighted by atomic mass is 10.1. The van der Waals surface area contributed by atoms with Crippen LogP contribution in [0.25, 0.3) is 0 Å². The van der Waals surface area contributed by atoms with Crippen molar-refractivity contribution in [1.82, 2.24) is 0 Å². The molecule has 0 bridgehead atoms. The predicted octanol–water partition coefficient (Wildman–Crippen LogP) is 3.14. The Labute approximate surface area is 141 Å². The van der Waals surface area contributed by atoms with Crippen LogP contribution in [0.3, 0.4) is 0 Å². The fraction of sp³-hybridized carbons (Fsp3) is 0.263. The summed E-state index contributed by atoms with van der Waals surface area (Å²) in [4.78, 5) is 26.8. The topological polar surface area (TPSA) is 58.6 Å². The van der Waals surface area contributed by atoms with Crippen molar-refractivity contribution < 1.29 is 14.3 Å². The number of hydrogen-bond donors (Lipinski definition) is 1. The van der Waals surface area contributed by atoms with Crippen LogP contribution >= 0.6 is 0 Å². The fourth-order valence-corrected chi connectivity index (χ4v) is 2.76. The smallest absolute Gasteiger partial charge is 0.268 e. The number of ether oxygens (including phenoxy) is 1. The number of fused-ring (bicyclic) bond motifs is 1. The first-order chi connectivity index (χ1) is 11.5. The lowest BCUT2D eigenvalue weighted by Crippen LogP contribution is -2.52. The summed E-state index contributed by atoms with van der Waals surface area (Å²) in [5, 5.41) is 2.85. The number of anilines is 2. The molecule has 2 unspecified atom stereocenters. The van der Waals surface area contributed by atoms with Gasteiger partial charge in [-0.3, -0.25) is 14.5 Å². The van der Waals surface area contributed by atoms with Crippen molar-refractivity contribution in [3.63, 3.8) is 0 Å². The highest BCUT2D eigenvalue weighted by molar-refractivity contribution is 6.07. The zero-order chi connectivity index (χ0) is 17.3. The zero-order valence-corrected chi connectivity index (χ0v) is 13.9. The molecule has 2 aromatic carbocycles. The maximum atomic E-state index is 12.6. The van der Waals surface area contributed by atoms with Gasteiger partial charge >= 0.3 is 0 Å². The second-order valence-electron chi connectivity index (χ2n) is 5.97. The van der Waals surface area contributed by atoms with Crippen LogP contribution in [0.4, 0.5) is 11.4 Å². The van der Waals surface area contributed by atoms with Crippen molar-refractivity contribution >= 4 is 23.2 Å². The van der Waals surface area contributed by atoms with Gasteiger partial charge < -0.3 is 10.1 Å². The maximum absolute atomic E-state index is 12.6. The summed E-state index contributed by atoms with van der Waals surface area (Å²) < 4.78 is 5.65. The molecule has 0 radical (unpaired) electrons. The van der Waals surface area contributed by atoms with Crippen molar-refractivity contribution in [1.29, 1.82) is 0 Å². The molecule has 1 heterocycles. The van der Waals surface area contributed by atoms with Gasteiger partial charge in [-0.25, -0.2) is 0 Å². The lowest BCUT2D eigenvalue weighted by Gasteiger charge is -2.36. The summed E-state index contributed by atoms with van der Waals surface area (Å²) in [5.74, 6) is 0.159. The molecule has 0 aromatic heterocycles. The Bertz CT molecular complexity index is 773. The van der Waals surface area contributed by atoms with Gasteiger partial charge in [-0.15, -0.1) is 0 Å². The number of aryl methyl sites for hydroxylation is 1. The standard InChI is InChI=1S/C19H20N2O3/c1-12-9-10-17-16(11-12)21(19(23)14(3)24-17)13(2)18(22)20-15-7-5-4-6-8-15/h4-11,13-14H,1-3H3,(H,20,22). The highest BCUT2D eigenvalue weighted by atomic mass is 16.5. The number of benzene rings is 2. The van der Waals surface area contributed by atoms with E-state index in [2.05, 4.69) is 5.32 Å². The maximum Gasteiger partial charge on any atom is 0.268 e. The van der Waals surface area contributed by atoms with Gasteiger partial charge in [-0.05, 0) is 50.6 Å². The molecule has 3 rings (SSSR count). The third-order valence-electron chi connectivity index (χ3n) is 4.07. The normalized spacial score (nSPS) is 17.7. The molecule has 0 saturated heterocycles. The number of nitrogens with one attached hydrogen (secondary N) is 1. The molecule has 1 N–H and O–H groups in total. The van der Waals surface area contributed by atoms with Gasteiger partial charge in [0.2, 0.25) is 5.91 Å². The van der Waals surface area contributed by atoms with E-state index in [-0.39, 0.29) is 11.8 Å². The van der Waals surface area contributed by atoms with Crippen LogP contribution in [-0.4, -0.2) is 24.0 Å². The Morgan fingerprint density at radius 1 is 1.21 bits per heavy atom. The van der Waals surface area contributed by atoms with Gasteiger partial charge in [-0.2, -0.15) is 0 Å². The minimum Gasteiger partial charge on any atom is -0.479 e. The summed E-state index contributed by atoms with van der Waals surface area (Å²) in [6, 6.07) is 14.2. The van der Waals surface area contributed by atoms with Crippen molar-refractivity contribution in [3.05, 3.63) is 54.1 Å². The van der Waals surface area contributed by atoms with E-state index in [9.17, 15) is 9.59 Å². The van der Waals surface area contributed by atoms with E-state index in [4.69, 9.17) is 4.74 Å². The summed E-state index contributed by atoms with van der Waals surface area (Å²) in [6.07, 6.45) is -0.618. The fourth-order valence-electron chi connectivity index (χ4n) is 2.76. The highest BCUT2D eigenvalue weighted by Crippen LogP contribution is 2.36. The molecular formula is C19H20N2O3. The first kappa shape index (κ1) is 16.1. The van der Waals surface area contributed by atoms with Gasteiger partial charge in [0.15, 0.2) is 6.10 Å². The van der Waals surface area contributed by atoms with E-state index >= 15 is 0 Å².